The molecular formula is C15H25N3O2S. The predicted octanol–water partition coefficient (Wildman–Crippen LogP) is 2.21. The average molecular weight is 311 g/mol. The number of fused-ring (bicyclic) bond motifs is 1. The van der Waals surface area contributed by atoms with Gasteiger partial charge >= 0.3 is 0 Å². The fourth-order valence-corrected chi connectivity index (χ4v) is 3.88. The predicted molar refractivity (Wildman–Crippen MR) is 86.1 cm³/mol. The number of anilines is 1. The Balaban J connectivity index is 2.14. The largest absolute Gasteiger partial charge is 0.399 e. The van der Waals surface area contributed by atoms with Gasteiger partial charge < -0.3 is 5.73 Å². The molecule has 1 aliphatic rings. The van der Waals surface area contributed by atoms with Crippen LogP contribution in [0.15, 0.2) is 18.2 Å². The molecular weight excluding hydrogens is 286 g/mol. The number of benzene rings is 1. The molecule has 1 aromatic carbocycles. The summed E-state index contributed by atoms with van der Waals surface area (Å²) in [7, 11) is -1.80. The van der Waals surface area contributed by atoms with Gasteiger partial charge in [0.15, 0.2) is 0 Å². The van der Waals surface area contributed by atoms with Crippen molar-refractivity contribution in [3.8, 4) is 0 Å². The van der Waals surface area contributed by atoms with Crippen LogP contribution in [-0.4, -0.2) is 26.3 Å². The van der Waals surface area contributed by atoms with Crippen LogP contribution in [-0.2, 0) is 16.6 Å². The highest BCUT2D eigenvalue weighted by molar-refractivity contribution is 7.87. The van der Waals surface area contributed by atoms with Gasteiger partial charge in [0, 0.05) is 25.3 Å². The smallest absolute Gasteiger partial charge is 0.279 e. The minimum atomic E-state index is -3.43. The van der Waals surface area contributed by atoms with Gasteiger partial charge in [-0.3, -0.25) is 0 Å². The molecule has 1 unspecified atom stereocenters. The first-order chi connectivity index (χ1) is 9.94. The maximum absolute atomic E-state index is 12.4. The third kappa shape index (κ3) is 3.96. The summed E-state index contributed by atoms with van der Waals surface area (Å²) in [6, 6.07) is 5.59. The molecule has 2 rings (SSSR count). The lowest BCUT2D eigenvalue weighted by molar-refractivity contribution is 0.429. The van der Waals surface area contributed by atoms with Gasteiger partial charge in [0.05, 0.1) is 0 Å². The standard InChI is InChI=1S/C15H25N3O2S/c1-3-4-10-18(2)21(19,20)17-15-7-5-6-12-11-13(16)8-9-14(12)15/h8-9,11,15,17H,3-7,10,16H2,1-2H3. The van der Waals surface area contributed by atoms with Gasteiger partial charge in [0.1, 0.15) is 0 Å². The minimum Gasteiger partial charge on any atom is -0.399 e. The molecule has 0 saturated heterocycles. The van der Waals surface area contributed by atoms with Crippen molar-refractivity contribution in [3.63, 3.8) is 0 Å². The summed E-state index contributed by atoms with van der Waals surface area (Å²) in [6.45, 7) is 2.60. The SMILES string of the molecule is CCCCN(C)S(=O)(=O)NC1CCCc2cc(N)ccc21. The van der Waals surface area contributed by atoms with Crippen molar-refractivity contribution in [2.45, 2.75) is 45.1 Å². The van der Waals surface area contributed by atoms with Crippen LogP contribution in [0.3, 0.4) is 0 Å². The molecule has 0 aromatic heterocycles. The number of nitrogens with zero attached hydrogens (tertiary/aromatic N) is 1. The van der Waals surface area contributed by atoms with Crippen molar-refractivity contribution in [2.75, 3.05) is 19.3 Å². The second kappa shape index (κ2) is 6.77. The maximum Gasteiger partial charge on any atom is 0.279 e. The highest BCUT2D eigenvalue weighted by atomic mass is 32.2. The Morgan fingerprint density at radius 3 is 2.90 bits per heavy atom. The first kappa shape index (κ1) is 16.3. The van der Waals surface area contributed by atoms with Crippen LogP contribution < -0.4 is 10.5 Å². The second-order valence-corrected chi connectivity index (χ2v) is 7.51. The van der Waals surface area contributed by atoms with Crippen LogP contribution >= 0.6 is 0 Å². The number of hydrogen-bond donors (Lipinski definition) is 2. The number of rotatable bonds is 6. The third-order valence-electron chi connectivity index (χ3n) is 4.01. The molecule has 0 fully saturated rings. The van der Waals surface area contributed by atoms with E-state index in [4.69, 9.17) is 5.73 Å². The van der Waals surface area contributed by atoms with Crippen molar-refractivity contribution >= 4 is 15.9 Å². The van der Waals surface area contributed by atoms with Crippen LogP contribution in [0.5, 0.6) is 0 Å². The van der Waals surface area contributed by atoms with E-state index in [0.29, 0.717) is 6.54 Å². The van der Waals surface area contributed by atoms with Crippen molar-refractivity contribution < 1.29 is 8.42 Å². The summed E-state index contributed by atoms with van der Waals surface area (Å²) in [4.78, 5) is 0. The third-order valence-corrected chi connectivity index (χ3v) is 5.60. The van der Waals surface area contributed by atoms with Gasteiger partial charge in [0.2, 0.25) is 0 Å². The minimum absolute atomic E-state index is 0.150. The van der Waals surface area contributed by atoms with E-state index < -0.39 is 10.2 Å². The maximum atomic E-state index is 12.4. The van der Waals surface area contributed by atoms with E-state index >= 15 is 0 Å². The first-order valence-corrected chi connectivity index (χ1v) is 9.00. The number of nitrogens with two attached hydrogens (primary N) is 1. The lowest BCUT2D eigenvalue weighted by Gasteiger charge is -2.28. The van der Waals surface area contributed by atoms with E-state index in [1.165, 1.54) is 4.31 Å². The molecule has 0 saturated carbocycles. The molecule has 6 heteroatoms. The van der Waals surface area contributed by atoms with E-state index in [-0.39, 0.29) is 6.04 Å². The Labute approximate surface area is 127 Å². The van der Waals surface area contributed by atoms with E-state index in [0.717, 1.165) is 48.9 Å². The van der Waals surface area contributed by atoms with E-state index in [9.17, 15) is 8.42 Å². The van der Waals surface area contributed by atoms with Crippen LogP contribution in [0.25, 0.3) is 0 Å². The first-order valence-electron chi connectivity index (χ1n) is 7.56. The normalized spacial score (nSPS) is 18.7. The van der Waals surface area contributed by atoms with Gasteiger partial charge in [0.25, 0.3) is 10.2 Å². The van der Waals surface area contributed by atoms with Gasteiger partial charge in [-0.2, -0.15) is 17.4 Å². The molecule has 0 spiro atoms. The number of aryl methyl sites for hydroxylation is 1. The lowest BCUT2D eigenvalue weighted by Crippen LogP contribution is -2.41. The van der Waals surface area contributed by atoms with Gasteiger partial charge in [-0.1, -0.05) is 19.4 Å². The summed E-state index contributed by atoms with van der Waals surface area (Å²) in [5.41, 5.74) is 8.76. The summed E-state index contributed by atoms with van der Waals surface area (Å²) < 4.78 is 29.0. The van der Waals surface area contributed by atoms with Crippen LogP contribution in [0.1, 0.15) is 49.8 Å². The number of nitrogen functional groups attached to an aromatic ring is 1. The molecule has 3 N–H and O–H groups in total. The van der Waals surface area contributed by atoms with Crippen molar-refractivity contribution in [3.05, 3.63) is 29.3 Å². The average Bonchev–Trinajstić information content (AvgIpc) is 2.44. The van der Waals surface area contributed by atoms with Crippen molar-refractivity contribution in [2.24, 2.45) is 0 Å². The van der Waals surface area contributed by atoms with Crippen LogP contribution in [0.2, 0.25) is 0 Å². The Morgan fingerprint density at radius 2 is 2.19 bits per heavy atom. The van der Waals surface area contributed by atoms with E-state index in [1.807, 2.05) is 18.2 Å². The lowest BCUT2D eigenvalue weighted by atomic mass is 9.88. The van der Waals surface area contributed by atoms with Crippen molar-refractivity contribution in [1.29, 1.82) is 0 Å². The molecule has 0 amide bonds. The monoisotopic (exact) mass is 311 g/mol. The van der Waals surface area contributed by atoms with E-state index in [1.54, 1.807) is 7.05 Å². The molecule has 5 nitrogen and oxygen atoms in total. The van der Waals surface area contributed by atoms with E-state index in [2.05, 4.69) is 11.6 Å². The Hall–Kier alpha value is -1.11. The summed E-state index contributed by atoms with van der Waals surface area (Å²) in [5, 5.41) is 0. The molecule has 1 atom stereocenters. The van der Waals surface area contributed by atoms with Crippen molar-refractivity contribution in [1.82, 2.24) is 9.03 Å². The van der Waals surface area contributed by atoms with Gasteiger partial charge in [-0.15, -0.1) is 0 Å². The highest BCUT2D eigenvalue weighted by Gasteiger charge is 2.26. The zero-order valence-electron chi connectivity index (χ0n) is 12.8. The number of hydrogen-bond acceptors (Lipinski definition) is 3. The fraction of sp³-hybridized carbons (Fsp3) is 0.600. The van der Waals surface area contributed by atoms with Crippen LogP contribution in [0.4, 0.5) is 5.69 Å². The molecule has 0 radical (unpaired) electrons. The second-order valence-electron chi connectivity index (χ2n) is 5.70. The molecule has 1 aromatic rings. The number of nitrogens with one attached hydrogen (secondary N) is 1. The Bertz CT molecular complexity index is 587. The van der Waals surface area contributed by atoms with Crippen LogP contribution in [0, 0.1) is 0 Å². The molecule has 0 aliphatic heterocycles. The summed E-state index contributed by atoms with van der Waals surface area (Å²) in [5.74, 6) is 0. The molecule has 118 valence electrons. The molecule has 0 bridgehead atoms. The topological polar surface area (TPSA) is 75.4 Å². The molecule has 1 aliphatic carbocycles. The highest BCUT2D eigenvalue weighted by Crippen LogP contribution is 2.31. The van der Waals surface area contributed by atoms with Gasteiger partial charge in [-0.25, -0.2) is 0 Å². The Kier molecular flexibility index (Phi) is 5.24. The fourth-order valence-electron chi connectivity index (χ4n) is 2.73. The molecule has 21 heavy (non-hydrogen) atoms. The van der Waals surface area contributed by atoms with Gasteiger partial charge in [-0.05, 0) is 48.9 Å². The summed E-state index contributed by atoms with van der Waals surface area (Å²) in [6.07, 6.45) is 4.62. The number of unbranched alkanes of at least 4 members (excludes halogenated alkanes) is 1. The zero-order valence-corrected chi connectivity index (χ0v) is 13.6. The summed E-state index contributed by atoms with van der Waals surface area (Å²) >= 11 is 0. The molecule has 0 heterocycles. The Morgan fingerprint density at radius 1 is 1.43 bits per heavy atom. The quantitative estimate of drug-likeness (QED) is 0.791. The zero-order chi connectivity index (χ0) is 15.5.